The average Bonchev–Trinajstić information content (AvgIpc) is 2.48. The third-order valence-electron chi connectivity index (χ3n) is 4.06. The van der Waals surface area contributed by atoms with Crippen molar-refractivity contribution in [2.24, 2.45) is 16.7 Å². The van der Waals surface area contributed by atoms with Crippen LogP contribution in [-0.2, 0) is 0 Å². The lowest BCUT2D eigenvalue weighted by Gasteiger charge is -2.16. The number of allylic oxidation sites excluding steroid dienone is 4. The van der Waals surface area contributed by atoms with Crippen LogP contribution in [0, 0.1) is 16.7 Å². The Morgan fingerprint density at radius 3 is 2.73 bits per heavy atom. The van der Waals surface area contributed by atoms with E-state index < -0.39 is 0 Å². The lowest BCUT2D eigenvalue weighted by Crippen LogP contribution is -2.04. The Balaban J connectivity index is 2.12. The Morgan fingerprint density at radius 1 is 1.45 bits per heavy atom. The molecule has 3 atom stereocenters. The zero-order valence-electron chi connectivity index (χ0n) is 7.44. The molecule has 0 heterocycles. The number of hydrogen-bond donors (Lipinski definition) is 0. The molecule has 2 fully saturated rings. The second kappa shape index (κ2) is 1.24. The van der Waals surface area contributed by atoms with Crippen molar-refractivity contribution in [3.8, 4) is 0 Å². The molecule has 0 amide bonds. The smallest absolute Gasteiger partial charge is 0.00242 e. The molecule has 0 saturated heterocycles. The summed E-state index contributed by atoms with van der Waals surface area (Å²) in [4.78, 5) is 0. The highest BCUT2D eigenvalue weighted by atomic mass is 14.9. The molecule has 58 valence electrons. The zero-order chi connectivity index (χ0) is 7.85. The largest absolute Gasteiger partial charge is 0.0742 e. The van der Waals surface area contributed by atoms with Gasteiger partial charge in [-0.25, -0.2) is 0 Å². The molecule has 0 aromatic carbocycles. The van der Waals surface area contributed by atoms with Crippen LogP contribution in [-0.4, -0.2) is 0 Å². The fraction of sp³-hybridized carbons (Fsp3) is 0.636. The standard InChI is InChI=1S/C11H14/c1-7-4-8(2)9-10(3)6-11(9,10)5-7/h4-5,9H,6H2,1-3H3. The first-order valence-electron chi connectivity index (χ1n) is 4.48. The average molecular weight is 146 g/mol. The molecule has 0 aliphatic heterocycles. The van der Waals surface area contributed by atoms with Gasteiger partial charge in [0.1, 0.15) is 0 Å². The van der Waals surface area contributed by atoms with Crippen molar-refractivity contribution in [2.75, 3.05) is 0 Å². The minimum absolute atomic E-state index is 0.663. The van der Waals surface area contributed by atoms with Crippen LogP contribution in [0.5, 0.6) is 0 Å². The van der Waals surface area contributed by atoms with Gasteiger partial charge in [-0.05, 0) is 31.6 Å². The molecule has 3 rings (SSSR count). The zero-order valence-corrected chi connectivity index (χ0v) is 7.44. The predicted molar refractivity (Wildman–Crippen MR) is 46.2 cm³/mol. The molecule has 2 saturated carbocycles. The van der Waals surface area contributed by atoms with Crippen LogP contribution in [0.4, 0.5) is 0 Å². The van der Waals surface area contributed by atoms with Crippen LogP contribution in [0.25, 0.3) is 0 Å². The van der Waals surface area contributed by atoms with E-state index in [4.69, 9.17) is 0 Å². The van der Waals surface area contributed by atoms with Gasteiger partial charge in [0.2, 0.25) is 0 Å². The van der Waals surface area contributed by atoms with Gasteiger partial charge in [0.15, 0.2) is 0 Å². The first-order valence-corrected chi connectivity index (χ1v) is 4.48. The van der Waals surface area contributed by atoms with Crippen LogP contribution in [0.15, 0.2) is 23.3 Å². The van der Waals surface area contributed by atoms with E-state index in [2.05, 4.69) is 32.9 Å². The molecule has 0 heteroatoms. The number of fused-ring (bicyclic) bond motifs is 1. The van der Waals surface area contributed by atoms with Gasteiger partial charge >= 0.3 is 0 Å². The maximum absolute atomic E-state index is 2.50. The summed E-state index contributed by atoms with van der Waals surface area (Å²) in [5, 5.41) is 0. The van der Waals surface area contributed by atoms with E-state index in [0.29, 0.717) is 10.8 Å². The minimum Gasteiger partial charge on any atom is -0.0742 e. The van der Waals surface area contributed by atoms with Crippen molar-refractivity contribution in [1.82, 2.24) is 0 Å². The van der Waals surface area contributed by atoms with Gasteiger partial charge in [-0.3, -0.25) is 0 Å². The maximum atomic E-state index is 2.50. The fourth-order valence-corrected chi connectivity index (χ4v) is 3.52. The van der Waals surface area contributed by atoms with Gasteiger partial charge in [-0.2, -0.15) is 0 Å². The summed E-state index contributed by atoms with van der Waals surface area (Å²) < 4.78 is 0. The van der Waals surface area contributed by atoms with E-state index in [0.717, 1.165) is 5.92 Å². The number of rotatable bonds is 0. The molecule has 3 aliphatic rings. The predicted octanol–water partition coefficient (Wildman–Crippen LogP) is 2.92. The van der Waals surface area contributed by atoms with Crippen LogP contribution in [0.1, 0.15) is 27.2 Å². The third-order valence-corrected chi connectivity index (χ3v) is 4.06. The fourth-order valence-electron chi connectivity index (χ4n) is 3.52. The molecule has 3 unspecified atom stereocenters. The van der Waals surface area contributed by atoms with E-state index >= 15 is 0 Å². The lowest BCUT2D eigenvalue weighted by molar-refractivity contribution is 0.552. The SMILES string of the molecule is CC1=CC23CC2(C)C3C(C)=C1. The van der Waals surface area contributed by atoms with Crippen LogP contribution < -0.4 is 0 Å². The summed E-state index contributed by atoms with van der Waals surface area (Å²) in [5.41, 5.74) is 4.47. The summed E-state index contributed by atoms with van der Waals surface area (Å²) in [5.74, 6) is 0.929. The maximum Gasteiger partial charge on any atom is 0.00242 e. The Labute approximate surface area is 68.0 Å². The van der Waals surface area contributed by atoms with E-state index in [9.17, 15) is 0 Å². The van der Waals surface area contributed by atoms with E-state index in [1.165, 1.54) is 12.0 Å². The third kappa shape index (κ3) is 0.421. The van der Waals surface area contributed by atoms with Crippen molar-refractivity contribution >= 4 is 0 Å². The van der Waals surface area contributed by atoms with Crippen molar-refractivity contribution in [2.45, 2.75) is 27.2 Å². The van der Waals surface area contributed by atoms with Gasteiger partial charge in [0.25, 0.3) is 0 Å². The Kier molecular flexibility index (Phi) is 0.680. The minimum atomic E-state index is 0.663. The van der Waals surface area contributed by atoms with Gasteiger partial charge in [-0.1, -0.05) is 30.2 Å². The van der Waals surface area contributed by atoms with E-state index in [-0.39, 0.29) is 0 Å². The Morgan fingerprint density at radius 2 is 2.18 bits per heavy atom. The first kappa shape index (κ1) is 6.05. The summed E-state index contributed by atoms with van der Waals surface area (Å²) in [6.07, 6.45) is 6.31. The van der Waals surface area contributed by atoms with E-state index in [1.54, 1.807) is 5.57 Å². The second-order valence-corrected chi connectivity index (χ2v) is 4.84. The van der Waals surface area contributed by atoms with Crippen molar-refractivity contribution in [3.63, 3.8) is 0 Å². The summed E-state index contributed by atoms with van der Waals surface area (Å²) in [6, 6.07) is 0. The van der Waals surface area contributed by atoms with Gasteiger partial charge in [0, 0.05) is 5.41 Å². The highest BCUT2D eigenvalue weighted by Gasteiger charge is 2.87. The van der Waals surface area contributed by atoms with Crippen LogP contribution >= 0.6 is 0 Å². The molecule has 0 aromatic rings. The molecular weight excluding hydrogens is 132 g/mol. The Hall–Kier alpha value is -0.520. The molecule has 0 nitrogen and oxygen atoms in total. The summed E-state index contributed by atoms with van der Waals surface area (Å²) in [7, 11) is 0. The molecule has 0 aromatic heterocycles. The van der Waals surface area contributed by atoms with Gasteiger partial charge in [0.05, 0.1) is 0 Å². The van der Waals surface area contributed by atoms with Gasteiger partial charge in [-0.15, -0.1) is 0 Å². The molecule has 1 spiro atoms. The normalized spacial score (nSPS) is 57.2. The van der Waals surface area contributed by atoms with Crippen molar-refractivity contribution < 1.29 is 0 Å². The van der Waals surface area contributed by atoms with E-state index in [1.807, 2.05) is 0 Å². The number of hydrogen-bond acceptors (Lipinski definition) is 0. The Bertz CT molecular complexity index is 308. The molecular formula is C11H14. The first-order chi connectivity index (χ1) is 5.10. The quantitative estimate of drug-likeness (QED) is 0.493. The van der Waals surface area contributed by atoms with Crippen LogP contribution in [0.3, 0.4) is 0 Å². The highest BCUT2D eigenvalue weighted by molar-refractivity contribution is 5.54. The summed E-state index contributed by atoms with van der Waals surface area (Å²) in [6.45, 7) is 6.95. The lowest BCUT2D eigenvalue weighted by atomic mass is 9.89. The molecule has 0 radical (unpaired) electrons. The highest BCUT2D eigenvalue weighted by Crippen LogP contribution is 2.93. The topological polar surface area (TPSA) is 0 Å². The van der Waals surface area contributed by atoms with Crippen molar-refractivity contribution in [1.29, 1.82) is 0 Å². The van der Waals surface area contributed by atoms with Crippen LogP contribution in [0.2, 0.25) is 0 Å². The second-order valence-electron chi connectivity index (χ2n) is 4.84. The molecule has 0 N–H and O–H groups in total. The van der Waals surface area contributed by atoms with Gasteiger partial charge < -0.3 is 0 Å². The molecule has 0 bridgehead atoms. The summed E-state index contributed by atoms with van der Waals surface area (Å²) >= 11 is 0. The molecule has 11 heavy (non-hydrogen) atoms. The molecule has 3 aliphatic carbocycles. The monoisotopic (exact) mass is 146 g/mol. The van der Waals surface area contributed by atoms with Crippen molar-refractivity contribution in [3.05, 3.63) is 23.3 Å².